The van der Waals surface area contributed by atoms with Crippen LogP contribution in [-0.2, 0) is 14.3 Å². The molecule has 0 aliphatic heterocycles. The number of amides is 1. The van der Waals surface area contributed by atoms with E-state index in [1.807, 2.05) is 0 Å². The van der Waals surface area contributed by atoms with Crippen LogP contribution in [0.4, 0.5) is 0 Å². The van der Waals surface area contributed by atoms with Crippen LogP contribution in [0.2, 0.25) is 0 Å². The molecule has 0 aromatic carbocycles. The third-order valence-corrected chi connectivity index (χ3v) is 13.5. The van der Waals surface area contributed by atoms with E-state index in [-0.39, 0.29) is 24.9 Å². The number of carbonyl (C=O) groups excluding carboxylic acids is 2. The molecule has 3 atom stereocenters. The first-order valence-corrected chi connectivity index (χ1v) is 29.1. The minimum atomic E-state index is -0.790. The van der Waals surface area contributed by atoms with Crippen LogP contribution >= 0.6 is 0 Å². The summed E-state index contributed by atoms with van der Waals surface area (Å²) in [5.41, 5.74) is 0. The summed E-state index contributed by atoms with van der Waals surface area (Å²) in [7, 11) is 0. The summed E-state index contributed by atoms with van der Waals surface area (Å²) in [5.74, 6) is -0.482. The Bertz CT molecular complexity index is 1030. The molecule has 0 bridgehead atoms. The third-order valence-electron chi connectivity index (χ3n) is 13.5. The summed E-state index contributed by atoms with van der Waals surface area (Å²) in [6.45, 7) is 6.51. The first-order chi connectivity index (χ1) is 32.0. The van der Waals surface area contributed by atoms with Crippen molar-refractivity contribution in [2.75, 3.05) is 6.61 Å². The monoisotopic (exact) mass is 916 g/mol. The highest BCUT2D eigenvalue weighted by Crippen LogP contribution is 2.18. The molecule has 0 aromatic heterocycles. The second-order valence-corrected chi connectivity index (χ2v) is 20.0. The molecule has 65 heavy (non-hydrogen) atoms. The molecule has 0 aliphatic rings. The Morgan fingerprint density at radius 1 is 0.431 bits per heavy atom. The van der Waals surface area contributed by atoms with Gasteiger partial charge in [-0.15, -0.1) is 0 Å². The zero-order valence-electron chi connectivity index (χ0n) is 43.9. The molecule has 0 heterocycles. The predicted octanol–water partition coefficient (Wildman–Crippen LogP) is 17.9. The minimum absolute atomic E-state index is 0.0683. The van der Waals surface area contributed by atoms with Crippen LogP contribution in [0, 0.1) is 0 Å². The van der Waals surface area contributed by atoms with Gasteiger partial charge in [0.05, 0.1) is 25.2 Å². The zero-order chi connectivity index (χ0) is 47.4. The normalized spacial score (nSPS) is 13.2. The highest BCUT2D eigenvalue weighted by atomic mass is 16.5. The molecule has 0 rings (SSSR count). The number of ether oxygens (including phenoxy) is 1. The average molecular weight is 917 g/mol. The van der Waals surface area contributed by atoms with Crippen LogP contribution in [0.3, 0.4) is 0 Å². The molecule has 384 valence electrons. The van der Waals surface area contributed by atoms with Gasteiger partial charge in [0, 0.05) is 6.42 Å². The van der Waals surface area contributed by atoms with E-state index in [2.05, 4.69) is 50.4 Å². The lowest BCUT2D eigenvalue weighted by atomic mass is 10.0. The number of aliphatic hydroxyl groups excluding tert-OH is 2. The first-order valence-electron chi connectivity index (χ1n) is 29.1. The van der Waals surface area contributed by atoms with E-state index in [0.717, 1.165) is 64.2 Å². The predicted molar refractivity (Wildman–Crippen MR) is 283 cm³/mol. The number of carbonyl (C=O) groups is 2. The van der Waals surface area contributed by atoms with Crippen molar-refractivity contribution in [2.45, 2.75) is 334 Å². The smallest absolute Gasteiger partial charge is 0.306 e. The van der Waals surface area contributed by atoms with Gasteiger partial charge >= 0.3 is 5.97 Å². The van der Waals surface area contributed by atoms with Crippen LogP contribution in [-0.4, -0.2) is 46.9 Å². The molecular weight excluding hydrogens is 803 g/mol. The fraction of sp³-hybridized carbons (Fsp3) is 0.898. The maximum atomic E-state index is 13.3. The van der Waals surface area contributed by atoms with Crippen molar-refractivity contribution in [3.8, 4) is 0 Å². The number of allylic oxidation sites excluding steroid dienone is 4. The Morgan fingerprint density at radius 2 is 0.738 bits per heavy atom. The molecule has 0 spiro atoms. The zero-order valence-corrected chi connectivity index (χ0v) is 43.9. The molecule has 0 radical (unpaired) electrons. The van der Waals surface area contributed by atoms with E-state index in [1.165, 1.54) is 205 Å². The van der Waals surface area contributed by atoms with Gasteiger partial charge in [-0.05, 0) is 77.0 Å². The van der Waals surface area contributed by atoms with E-state index in [1.54, 1.807) is 0 Å². The second kappa shape index (κ2) is 53.3. The fourth-order valence-electron chi connectivity index (χ4n) is 9.07. The van der Waals surface area contributed by atoms with Crippen LogP contribution in [0.25, 0.3) is 0 Å². The van der Waals surface area contributed by atoms with Crippen molar-refractivity contribution in [3.63, 3.8) is 0 Å². The van der Waals surface area contributed by atoms with Crippen molar-refractivity contribution >= 4 is 11.9 Å². The van der Waals surface area contributed by atoms with E-state index in [4.69, 9.17) is 4.74 Å². The lowest BCUT2D eigenvalue weighted by molar-refractivity contribution is -0.151. The third kappa shape index (κ3) is 48.6. The number of aliphatic hydroxyl groups is 2. The Morgan fingerprint density at radius 3 is 1.11 bits per heavy atom. The molecule has 6 nitrogen and oxygen atoms in total. The van der Waals surface area contributed by atoms with Gasteiger partial charge < -0.3 is 20.3 Å². The largest absolute Gasteiger partial charge is 0.462 e. The standard InChI is InChI=1S/C59H113NO5/c1-4-7-10-13-16-19-22-25-28-30-33-36-39-42-45-48-51-57(62)56(54-61)60-58(63)53-55(50-47-44-41-38-35-32-27-24-21-18-15-12-9-6-3)65-59(64)52-49-46-43-40-37-34-31-29-26-23-20-17-14-11-8-5-2/h29,31-32,35,55-57,61-62H,4-28,30,33-34,36-54H2,1-3H3,(H,60,63)/b31-29+,35-32+. The molecular formula is C59H113NO5. The van der Waals surface area contributed by atoms with E-state index < -0.39 is 18.2 Å². The van der Waals surface area contributed by atoms with E-state index in [9.17, 15) is 19.8 Å². The van der Waals surface area contributed by atoms with Gasteiger partial charge in [-0.2, -0.15) is 0 Å². The van der Waals surface area contributed by atoms with Gasteiger partial charge in [-0.25, -0.2) is 0 Å². The van der Waals surface area contributed by atoms with Crippen molar-refractivity contribution in [2.24, 2.45) is 0 Å². The van der Waals surface area contributed by atoms with Crippen LogP contribution in [0.5, 0.6) is 0 Å². The number of nitrogens with one attached hydrogen (secondary N) is 1. The molecule has 0 aliphatic carbocycles. The second-order valence-electron chi connectivity index (χ2n) is 20.0. The Balaban J connectivity index is 4.53. The Kier molecular flexibility index (Phi) is 51.9. The molecule has 6 heteroatoms. The summed E-state index contributed by atoms with van der Waals surface area (Å²) in [6.07, 6.45) is 62.4. The highest BCUT2D eigenvalue weighted by Gasteiger charge is 2.24. The van der Waals surface area contributed by atoms with E-state index in [0.29, 0.717) is 19.3 Å². The minimum Gasteiger partial charge on any atom is -0.462 e. The maximum Gasteiger partial charge on any atom is 0.306 e. The van der Waals surface area contributed by atoms with Gasteiger partial charge in [-0.3, -0.25) is 9.59 Å². The van der Waals surface area contributed by atoms with Crippen molar-refractivity contribution in [3.05, 3.63) is 24.3 Å². The Labute approximate surface area is 405 Å². The van der Waals surface area contributed by atoms with Crippen molar-refractivity contribution in [1.82, 2.24) is 5.32 Å². The molecule has 3 unspecified atom stereocenters. The molecule has 0 saturated carbocycles. The van der Waals surface area contributed by atoms with Crippen molar-refractivity contribution < 1.29 is 24.5 Å². The van der Waals surface area contributed by atoms with Crippen LogP contribution in [0.1, 0.15) is 316 Å². The summed E-state index contributed by atoms with van der Waals surface area (Å²) in [5, 5.41) is 23.9. The number of esters is 1. The van der Waals surface area contributed by atoms with Gasteiger partial charge in [0.25, 0.3) is 0 Å². The average Bonchev–Trinajstić information content (AvgIpc) is 3.30. The van der Waals surface area contributed by atoms with Crippen LogP contribution in [0.15, 0.2) is 24.3 Å². The van der Waals surface area contributed by atoms with Gasteiger partial charge in [0.1, 0.15) is 6.10 Å². The summed E-state index contributed by atoms with van der Waals surface area (Å²) >= 11 is 0. The summed E-state index contributed by atoms with van der Waals surface area (Å²) in [6, 6.07) is -0.705. The SMILES string of the molecule is CCCCCCCCC/C=C/CCCCCCCC(=O)OC(CCCCC/C=C/CCCCCCCCC)CC(=O)NC(CO)C(O)CCCCCCCCCCCCCCCCCC. The van der Waals surface area contributed by atoms with Gasteiger partial charge in [0.15, 0.2) is 0 Å². The number of unbranched alkanes of at least 4 members (excludes halogenated alkanes) is 37. The molecule has 0 saturated heterocycles. The quantitative estimate of drug-likeness (QED) is 0.0321. The Hall–Kier alpha value is -1.66. The molecule has 0 fully saturated rings. The number of hydrogen-bond acceptors (Lipinski definition) is 5. The summed E-state index contributed by atoms with van der Waals surface area (Å²) < 4.78 is 5.95. The first kappa shape index (κ1) is 63.3. The fourth-order valence-corrected chi connectivity index (χ4v) is 9.07. The molecule has 0 aromatic rings. The highest BCUT2D eigenvalue weighted by molar-refractivity contribution is 5.77. The lowest BCUT2D eigenvalue weighted by Gasteiger charge is -2.24. The van der Waals surface area contributed by atoms with Crippen molar-refractivity contribution in [1.29, 1.82) is 0 Å². The summed E-state index contributed by atoms with van der Waals surface area (Å²) in [4.78, 5) is 26.3. The number of rotatable bonds is 53. The molecule has 3 N–H and O–H groups in total. The van der Waals surface area contributed by atoms with Gasteiger partial charge in [0.2, 0.25) is 5.91 Å². The maximum absolute atomic E-state index is 13.3. The van der Waals surface area contributed by atoms with Crippen LogP contribution < -0.4 is 5.32 Å². The van der Waals surface area contributed by atoms with Gasteiger partial charge in [-0.1, -0.05) is 251 Å². The molecule has 1 amide bonds. The number of hydrogen-bond donors (Lipinski definition) is 3. The van der Waals surface area contributed by atoms with E-state index >= 15 is 0 Å². The lowest BCUT2D eigenvalue weighted by Crippen LogP contribution is -2.46. The topological polar surface area (TPSA) is 95.9 Å².